The van der Waals surface area contributed by atoms with Crippen molar-refractivity contribution in [1.82, 2.24) is 9.88 Å². The first-order valence-corrected chi connectivity index (χ1v) is 6.51. The fourth-order valence-electron chi connectivity index (χ4n) is 1.67. The molecule has 0 saturated heterocycles. The normalized spacial score (nSPS) is 12.2. The minimum Gasteiger partial charge on any atom is -0.334 e. The second kappa shape index (κ2) is 5.44. The molecule has 19 heavy (non-hydrogen) atoms. The molecule has 2 rings (SSSR count). The van der Waals surface area contributed by atoms with Gasteiger partial charge in [0, 0.05) is 18.1 Å². The number of thiophene rings is 1. The molecule has 1 unspecified atom stereocenters. The molecule has 0 aliphatic carbocycles. The third kappa shape index (κ3) is 2.63. The van der Waals surface area contributed by atoms with Crippen LogP contribution in [-0.2, 0) is 0 Å². The highest BCUT2D eigenvalue weighted by molar-refractivity contribution is 7.10. The number of pyridine rings is 1. The summed E-state index contributed by atoms with van der Waals surface area (Å²) in [6.07, 6.45) is 1.08. The molecule has 2 heterocycles. The lowest BCUT2D eigenvalue weighted by molar-refractivity contribution is 0.0738. The van der Waals surface area contributed by atoms with Gasteiger partial charge in [-0.25, -0.2) is 9.37 Å². The van der Waals surface area contributed by atoms with Gasteiger partial charge >= 0.3 is 0 Å². The number of carbonyl (C=O) groups excluding carboxylic acids is 1. The van der Waals surface area contributed by atoms with Gasteiger partial charge in [-0.2, -0.15) is 4.39 Å². The molecule has 0 aliphatic rings. The van der Waals surface area contributed by atoms with E-state index in [0.29, 0.717) is 0 Å². The van der Waals surface area contributed by atoms with Crippen molar-refractivity contribution in [2.24, 2.45) is 0 Å². The highest BCUT2D eigenvalue weighted by Gasteiger charge is 2.23. The summed E-state index contributed by atoms with van der Waals surface area (Å²) in [6, 6.07) is 4.74. The molecule has 6 heteroatoms. The molecule has 2 aromatic rings. The van der Waals surface area contributed by atoms with Crippen LogP contribution in [0.25, 0.3) is 0 Å². The number of hydrogen-bond acceptors (Lipinski definition) is 3. The summed E-state index contributed by atoms with van der Waals surface area (Å²) in [5.41, 5.74) is -0.307. The predicted molar refractivity (Wildman–Crippen MR) is 69.0 cm³/mol. The standard InChI is InChI=1S/C13H12F2N2OS/c1-8(10-4-3-7-19-10)17(2)13(18)9-5-6-16-12(15)11(9)14/h3-8H,1-2H3. The van der Waals surface area contributed by atoms with Crippen LogP contribution in [0.2, 0.25) is 0 Å². The smallest absolute Gasteiger partial charge is 0.257 e. The van der Waals surface area contributed by atoms with E-state index in [1.54, 1.807) is 7.05 Å². The zero-order chi connectivity index (χ0) is 14.0. The molecule has 0 bridgehead atoms. The SMILES string of the molecule is CC(c1cccs1)N(C)C(=O)c1ccnc(F)c1F. The number of carbonyl (C=O) groups is 1. The van der Waals surface area contributed by atoms with Crippen LogP contribution >= 0.6 is 11.3 Å². The molecule has 0 saturated carbocycles. The Labute approximate surface area is 113 Å². The van der Waals surface area contributed by atoms with E-state index in [0.717, 1.165) is 11.1 Å². The number of aromatic nitrogens is 1. The van der Waals surface area contributed by atoms with Crippen LogP contribution in [0.15, 0.2) is 29.8 Å². The van der Waals surface area contributed by atoms with Crippen LogP contribution < -0.4 is 0 Å². The van der Waals surface area contributed by atoms with E-state index in [-0.39, 0.29) is 11.6 Å². The van der Waals surface area contributed by atoms with Gasteiger partial charge in [-0.1, -0.05) is 6.07 Å². The minimum absolute atomic E-state index is 0.205. The Kier molecular flexibility index (Phi) is 3.90. The van der Waals surface area contributed by atoms with Gasteiger partial charge in [-0.3, -0.25) is 4.79 Å². The summed E-state index contributed by atoms with van der Waals surface area (Å²) in [7, 11) is 1.56. The molecule has 1 amide bonds. The summed E-state index contributed by atoms with van der Waals surface area (Å²) < 4.78 is 26.6. The van der Waals surface area contributed by atoms with Crippen molar-refractivity contribution >= 4 is 17.2 Å². The Morgan fingerprint density at radius 2 is 2.16 bits per heavy atom. The first-order chi connectivity index (χ1) is 9.02. The molecule has 1 atom stereocenters. The van der Waals surface area contributed by atoms with Crippen molar-refractivity contribution in [2.45, 2.75) is 13.0 Å². The maximum absolute atomic E-state index is 13.5. The van der Waals surface area contributed by atoms with E-state index in [4.69, 9.17) is 0 Å². The van der Waals surface area contributed by atoms with Crippen LogP contribution in [0.1, 0.15) is 28.2 Å². The van der Waals surface area contributed by atoms with Crippen molar-refractivity contribution in [3.8, 4) is 0 Å². The number of amides is 1. The quantitative estimate of drug-likeness (QED) is 0.810. The van der Waals surface area contributed by atoms with Crippen LogP contribution in [0.4, 0.5) is 8.78 Å². The minimum atomic E-state index is -1.26. The molecule has 0 aromatic carbocycles. The number of nitrogens with zero attached hydrogens (tertiary/aromatic N) is 2. The van der Waals surface area contributed by atoms with Crippen molar-refractivity contribution < 1.29 is 13.6 Å². The topological polar surface area (TPSA) is 33.2 Å². The Morgan fingerprint density at radius 3 is 2.79 bits per heavy atom. The van der Waals surface area contributed by atoms with Crippen molar-refractivity contribution in [3.63, 3.8) is 0 Å². The first kappa shape index (κ1) is 13.6. The summed E-state index contributed by atoms with van der Waals surface area (Å²) in [5, 5.41) is 1.90. The number of hydrogen-bond donors (Lipinski definition) is 0. The van der Waals surface area contributed by atoms with E-state index in [1.807, 2.05) is 24.4 Å². The molecule has 2 aromatic heterocycles. The fraction of sp³-hybridized carbons (Fsp3) is 0.231. The first-order valence-electron chi connectivity index (χ1n) is 5.63. The van der Waals surface area contributed by atoms with Gasteiger partial charge in [0.15, 0.2) is 5.82 Å². The van der Waals surface area contributed by atoms with E-state index in [2.05, 4.69) is 4.98 Å². The maximum Gasteiger partial charge on any atom is 0.257 e. The lowest BCUT2D eigenvalue weighted by Crippen LogP contribution is -2.30. The zero-order valence-corrected chi connectivity index (χ0v) is 11.2. The van der Waals surface area contributed by atoms with Gasteiger partial charge in [0.05, 0.1) is 11.6 Å². The summed E-state index contributed by atoms with van der Waals surface area (Å²) in [4.78, 5) is 17.7. The molecule has 3 nitrogen and oxygen atoms in total. The lowest BCUT2D eigenvalue weighted by Gasteiger charge is -2.24. The Hall–Kier alpha value is -1.82. The average Bonchev–Trinajstić information content (AvgIpc) is 2.93. The van der Waals surface area contributed by atoms with Crippen LogP contribution in [0.3, 0.4) is 0 Å². The summed E-state index contributed by atoms with van der Waals surface area (Å²) in [6.45, 7) is 1.83. The molecular formula is C13H12F2N2OS. The van der Waals surface area contributed by atoms with Crippen LogP contribution in [0, 0.1) is 11.8 Å². The second-order valence-corrected chi connectivity index (χ2v) is 5.05. The molecule has 0 spiro atoms. The monoisotopic (exact) mass is 282 g/mol. The molecule has 0 radical (unpaired) electrons. The summed E-state index contributed by atoms with van der Waals surface area (Å²) >= 11 is 1.51. The zero-order valence-electron chi connectivity index (χ0n) is 10.4. The predicted octanol–water partition coefficient (Wildman–Crippen LogP) is 3.25. The average molecular weight is 282 g/mol. The van der Waals surface area contributed by atoms with Crippen LogP contribution in [-0.4, -0.2) is 22.8 Å². The highest BCUT2D eigenvalue weighted by Crippen LogP contribution is 2.25. The van der Waals surface area contributed by atoms with Gasteiger partial charge < -0.3 is 4.90 Å². The Bertz CT molecular complexity index is 586. The fourth-order valence-corrected chi connectivity index (χ4v) is 2.50. The van der Waals surface area contributed by atoms with Gasteiger partial charge in [0.2, 0.25) is 5.95 Å². The largest absolute Gasteiger partial charge is 0.334 e. The number of halogens is 2. The Balaban J connectivity index is 2.26. The number of rotatable bonds is 3. The summed E-state index contributed by atoms with van der Waals surface area (Å²) in [5.74, 6) is -3.04. The Morgan fingerprint density at radius 1 is 1.42 bits per heavy atom. The van der Waals surface area contributed by atoms with Gasteiger partial charge in [0.25, 0.3) is 5.91 Å². The van der Waals surface area contributed by atoms with Crippen molar-refractivity contribution in [1.29, 1.82) is 0 Å². The van der Waals surface area contributed by atoms with E-state index < -0.39 is 17.7 Å². The van der Waals surface area contributed by atoms with Gasteiger partial charge in [-0.05, 0) is 24.4 Å². The van der Waals surface area contributed by atoms with Crippen LogP contribution in [0.5, 0.6) is 0 Å². The van der Waals surface area contributed by atoms with E-state index in [9.17, 15) is 13.6 Å². The third-order valence-corrected chi connectivity index (χ3v) is 3.98. The molecule has 0 N–H and O–H groups in total. The molecule has 0 aliphatic heterocycles. The lowest BCUT2D eigenvalue weighted by atomic mass is 10.2. The third-order valence-electron chi connectivity index (χ3n) is 2.93. The maximum atomic E-state index is 13.5. The van der Waals surface area contributed by atoms with Gasteiger partial charge in [-0.15, -0.1) is 11.3 Å². The van der Waals surface area contributed by atoms with E-state index >= 15 is 0 Å². The molecular weight excluding hydrogens is 270 g/mol. The van der Waals surface area contributed by atoms with Crippen molar-refractivity contribution in [2.75, 3.05) is 7.05 Å². The highest BCUT2D eigenvalue weighted by atomic mass is 32.1. The van der Waals surface area contributed by atoms with Gasteiger partial charge in [0.1, 0.15) is 0 Å². The second-order valence-electron chi connectivity index (χ2n) is 4.07. The van der Waals surface area contributed by atoms with E-state index in [1.165, 1.54) is 22.3 Å². The molecule has 0 fully saturated rings. The van der Waals surface area contributed by atoms with Crippen molar-refractivity contribution in [3.05, 3.63) is 52.0 Å². The molecule has 100 valence electrons.